The van der Waals surface area contributed by atoms with Gasteiger partial charge in [0.2, 0.25) is 10.0 Å². The predicted molar refractivity (Wildman–Crippen MR) is 81.7 cm³/mol. The van der Waals surface area contributed by atoms with E-state index < -0.39 is 16.1 Å². The van der Waals surface area contributed by atoms with Crippen molar-refractivity contribution in [3.8, 4) is 5.75 Å². The largest absolute Gasteiger partial charge is 0.489 e. The third kappa shape index (κ3) is 3.02. The molecule has 1 N–H and O–H groups in total. The normalized spacial score (nSPS) is 21.1. The van der Waals surface area contributed by atoms with Gasteiger partial charge in [0.15, 0.2) is 0 Å². The first kappa shape index (κ1) is 15.1. The summed E-state index contributed by atoms with van der Waals surface area (Å²) in [5, 5.41) is 2.76. The topological polar surface area (TPSA) is 84.9 Å². The van der Waals surface area contributed by atoms with Crippen LogP contribution >= 0.6 is 0 Å². The Bertz CT molecular complexity index is 682. The summed E-state index contributed by atoms with van der Waals surface area (Å²) in [6.07, 6.45) is 2.30. The van der Waals surface area contributed by atoms with Crippen molar-refractivity contribution in [1.29, 1.82) is 0 Å². The zero-order chi connectivity index (χ0) is 15.7. The van der Waals surface area contributed by atoms with E-state index in [1.165, 1.54) is 4.31 Å². The highest BCUT2D eigenvalue weighted by Gasteiger charge is 2.27. The van der Waals surface area contributed by atoms with E-state index in [1.807, 2.05) is 0 Å². The van der Waals surface area contributed by atoms with E-state index in [1.54, 1.807) is 18.2 Å². The number of hydrogen-bond acceptors (Lipinski definition) is 5. The maximum atomic E-state index is 12.1. The van der Waals surface area contributed by atoms with Crippen molar-refractivity contribution in [3.05, 3.63) is 18.2 Å². The molecule has 1 atom stereocenters. The van der Waals surface area contributed by atoms with E-state index >= 15 is 0 Å². The van der Waals surface area contributed by atoms with Crippen molar-refractivity contribution in [3.63, 3.8) is 0 Å². The lowest BCUT2D eigenvalue weighted by Crippen LogP contribution is -2.37. The highest BCUT2D eigenvalue weighted by molar-refractivity contribution is 7.92. The molecule has 1 saturated heterocycles. The number of fused-ring (bicyclic) bond motifs is 1. The smallest absolute Gasteiger partial charge is 0.253 e. The van der Waals surface area contributed by atoms with Crippen LogP contribution in [0.15, 0.2) is 18.2 Å². The number of sulfonamides is 1. The number of anilines is 2. The maximum Gasteiger partial charge on any atom is 0.253 e. The lowest BCUT2D eigenvalue weighted by Gasteiger charge is -2.29. The summed E-state index contributed by atoms with van der Waals surface area (Å²) in [5.41, 5.74) is 0.970. The number of hydrogen-bond donors (Lipinski definition) is 1. The molecule has 2 heterocycles. The van der Waals surface area contributed by atoms with Crippen LogP contribution in [0.5, 0.6) is 5.75 Å². The van der Waals surface area contributed by atoms with Crippen LogP contribution in [0, 0.1) is 0 Å². The Morgan fingerprint density at radius 1 is 1.36 bits per heavy atom. The van der Waals surface area contributed by atoms with Crippen molar-refractivity contribution < 1.29 is 22.7 Å². The number of carbonyl (C=O) groups excluding carboxylic acids is 1. The number of amides is 1. The van der Waals surface area contributed by atoms with Gasteiger partial charge in [-0.2, -0.15) is 0 Å². The minimum absolute atomic E-state index is 0.208. The lowest BCUT2D eigenvalue weighted by molar-refractivity contribution is -0.124. The highest BCUT2D eigenvalue weighted by atomic mass is 32.2. The Morgan fingerprint density at radius 3 is 2.86 bits per heavy atom. The van der Waals surface area contributed by atoms with Crippen molar-refractivity contribution >= 4 is 27.3 Å². The molecule has 0 radical (unpaired) electrons. The van der Waals surface area contributed by atoms with Gasteiger partial charge in [0.05, 0.1) is 18.5 Å². The summed E-state index contributed by atoms with van der Waals surface area (Å²) in [6.45, 7) is 1.16. The molecule has 7 nitrogen and oxygen atoms in total. The monoisotopic (exact) mass is 326 g/mol. The van der Waals surface area contributed by atoms with E-state index in [0.717, 1.165) is 12.7 Å². The first-order valence-electron chi connectivity index (χ1n) is 7.12. The summed E-state index contributed by atoms with van der Waals surface area (Å²) >= 11 is 0. The van der Waals surface area contributed by atoms with Crippen molar-refractivity contribution in [1.82, 2.24) is 0 Å². The van der Waals surface area contributed by atoms with Gasteiger partial charge in [0.1, 0.15) is 18.5 Å². The van der Waals surface area contributed by atoms with Gasteiger partial charge < -0.3 is 14.8 Å². The fourth-order valence-corrected chi connectivity index (χ4v) is 3.53. The molecular weight excluding hydrogens is 308 g/mol. The van der Waals surface area contributed by atoms with Crippen molar-refractivity contribution in [2.45, 2.75) is 18.9 Å². The Kier molecular flexibility index (Phi) is 3.96. The van der Waals surface area contributed by atoms with Crippen LogP contribution < -0.4 is 14.4 Å². The fourth-order valence-electron chi connectivity index (χ4n) is 2.62. The molecule has 0 bridgehead atoms. The van der Waals surface area contributed by atoms with E-state index in [4.69, 9.17) is 9.47 Å². The quantitative estimate of drug-likeness (QED) is 0.894. The minimum atomic E-state index is -3.38. The molecule has 1 fully saturated rings. The first-order chi connectivity index (χ1) is 10.4. The molecule has 120 valence electrons. The third-order valence-corrected chi connectivity index (χ3v) is 4.85. The molecule has 0 aromatic heterocycles. The van der Waals surface area contributed by atoms with Crippen LogP contribution in [0.3, 0.4) is 0 Å². The second-order valence-corrected chi connectivity index (χ2v) is 7.26. The standard InChI is InChI=1S/C14H18N2O5S/c1-22(18,19)16-6-8-21-12-5-4-10(9-11(12)16)15-14(17)13-3-2-7-20-13/h4-5,9,13H,2-3,6-8H2,1H3,(H,15,17). The van der Waals surface area contributed by atoms with Gasteiger partial charge in [-0.25, -0.2) is 8.42 Å². The second-order valence-electron chi connectivity index (χ2n) is 5.36. The highest BCUT2D eigenvalue weighted by Crippen LogP contribution is 2.35. The first-order valence-corrected chi connectivity index (χ1v) is 8.97. The number of benzene rings is 1. The zero-order valence-electron chi connectivity index (χ0n) is 12.2. The molecule has 1 unspecified atom stereocenters. The molecule has 1 amide bonds. The van der Waals surface area contributed by atoms with E-state index in [9.17, 15) is 13.2 Å². The average Bonchev–Trinajstić information content (AvgIpc) is 2.99. The molecule has 1 aromatic rings. The Balaban J connectivity index is 1.84. The van der Waals surface area contributed by atoms with Gasteiger partial charge in [0, 0.05) is 12.3 Å². The summed E-state index contributed by atoms with van der Waals surface area (Å²) < 4.78 is 35.8. The van der Waals surface area contributed by atoms with Crippen molar-refractivity contribution in [2.24, 2.45) is 0 Å². The minimum Gasteiger partial charge on any atom is -0.489 e. The fraction of sp³-hybridized carbons (Fsp3) is 0.500. The van der Waals surface area contributed by atoms with Crippen LogP contribution in [0.1, 0.15) is 12.8 Å². The van der Waals surface area contributed by atoms with Gasteiger partial charge in [-0.3, -0.25) is 9.10 Å². The zero-order valence-corrected chi connectivity index (χ0v) is 13.1. The number of carbonyl (C=O) groups is 1. The number of ether oxygens (including phenoxy) is 2. The molecule has 8 heteroatoms. The van der Waals surface area contributed by atoms with Crippen LogP contribution in [0.4, 0.5) is 11.4 Å². The lowest BCUT2D eigenvalue weighted by atomic mass is 10.2. The van der Waals surface area contributed by atoms with Gasteiger partial charge >= 0.3 is 0 Å². The molecule has 2 aliphatic heterocycles. The van der Waals surface area contributed by atoms with Gasteiger partial charge in [-0.1, -0.05) is 0 Å². The molecule has 0 spiro atoms. The average molecular weight is 326 g/mol. The summed E-state index contributed by atoms with van der Waals surface area (Å²) in [7, 11) is -3.38. The number of nitrogens with one attached hydrogen (secondary N) is 1. The van der Waals surface area contributed by atoms with Crippen LogP contribution in [-0.4, -0.2) is 46.4 Å². The van der Waals surface area contributed by atoms with E-state index in [-0.39, 0.29) is 12.5 Å². The van der Waals surface area contributed by atoms with E-state index in [2.05, 4.69) is 5.32 Å². The van der Waals surface area contributed by atoms with Gasteiger partial charge in [0.25, 0.3) is 5.91 Å². The van der Waals surface area contributed by atoms with Crippen LogP contribution in [0.25, 0.3) is 0 Å². The molecule has 22 heavy (non-hydrogen) atoms. The maximum absolute atomic E-state index is 12.1. The molecule has 2 aliphatic rings. The van der Waals surface area contributed by atoms with E-state index in [0.29, 0.717) is 36.8 Å². The van der Waals surface area contributed by atoms with Crippen LogP contribution in [0.2, 0.25) is 0 Å². The third-order valence-electron chi connectivity index (χ3n) is 3.67. The molecule has 1 aromatic carbocycles. The van der Waals surface area contributed by atoms with Gasteiger partial charge in [-0.05, 0) is 31.0 Å². The number of rotatable bonds is 3. The summed E-state index contributed by atoms with van der Waals surface area (Å²) in [6, 6.07) is 4.97. The molecule has 3 rings (SSSR count). The van der Waals surface area contributed by atoms with Crippen molar-refractivity contribution in [2.75, 3.05) is 35.6 Å². The number of nitrogens with zero attached hydrogens (tertiary/aromatic N) is 1. The summed E-state index contributed by atoms with van der Waals surface area (Å²) in [5.74, 6) is 0.284. The predicted octanol–water partition coefficient (Wildman–Crippen LogP) is 0.962. The summed E-state index contributed by atoms with van der Waals surface area (Å²) in [4.78, 5) is 12.1. The molecule has 0 saturated carbocycles. The van der Waals surface area contributed by atoms with Crippen LogP contribution in [-0.2, 0) is 19.6 Å². The Morgan fingerprint density at radius 2 is 2.18 bits per heavy atom. The molecular formula is C14H18N2O5S. The SMILES string of the molecule is CS(=O)(=O)N1CCOc2ccc(NC(=O)C3CCCO3)cc21. The molecule has 0 aliphatic carbocycles. The Hall–Kier alpha value is -1.80. The Labute approximate surface area is 129 Å². The second kappa shape index (κ2) is 5.77. The van der Waals surface area contributed by atoms with Gasteiger partial charge in [-0.15, -0.1) is 0 Å².